The van der Waals surface area contributed by atoms with Gasteiger partial charge in [-0.1, -0.05) is 0 Å². The van der Waals surface area contributed by atoms with Crippen molar-refractivity contribution in [3.8, 4) is 0 Å². The molecule has 2 aliphatic heterocycles. The summed E-state index contributed by atoms with van der Waals surface area (Å²) in [4.78, 5) is 35.0. The lowest BCUT2D eigenvalue weighted by molar-refractivity contribution is -0.134. The van der Waals surface area contributed by atoms with Crippen LogP contribution in [-0.4, -0.2) is 58.8 Å². The molecule has 2 unspecified atom stereocenters. The van der Waals surface area contributed by atoms with E-state index < -0.39 is 0 Å². The monoisotopic (exact) mass is 385 g/mol. The van der Waals surface area contributed by atoms with Crippen molar-refractivity contribution in [1.82, 2.24) is 25.6 Å². The van der Waals surface area contributed by atoms with Crippen LogP contribution < -0.4 is 10.9 Å². The van der Waals surface area contributed by atoms with E-state index in [-0.39, 0.29) is 23.9 Å². The van der Waals surface area contributed by atoms with Crippen molar-refractivity contribution in [2.45, 2.75) is 25.4 Å². The number of nitrogens with one attached hydrogen (secondary N) is 2. The van der Waals surface area contributed by atoms with Gasteiger partial charge in [0.2, 0.25) is 5.91 Å². The van der Waals surface area contributed by atoms with E-state index in [4.69, 9.17) is 0 Å². The zero-order valence-corrected chi connectivity index (χ0v) is 16.0. The van der Waals surface area contributed by atoms with Crippen molar-refractivity contribution in [2.24, 2.45) is 0 Å². The summed E-state index contributed by atoms with van der Waals surface area (Å²) in [5.41, 5.74) is 7.45. The summed E-state index contributed by atoms with van der Waals surface area (Å²) in [5.74, 6) is 0.164. The molecule has 2 aromatic heterocycles. The van der Waals surface area contributed by atoms with Gasteiger partial charge in [0, 0.05) is 49.5 Å². The van der Waals surface area contributed by atoms with Gasteiger partial charge in [0.1, 0.15) is 6.04 Å². The van der Waals surface area contributed by atoms with Crippen LogP contribution in [0.4, 0.5) is 0 Å². The Labute approximate surface area is 162 Å². The number of amides is 2. The molecular formula is C19H23N5O2S. The van der Waals surface area contributed by atoms with E-state index in [0.717, 1.165) is 15.3 Å². The van der Waals surface area contributed by atoms with E-state index in [0.29, 0.717) is 32.6 Å². The van der Waals surface area contributed by atoms with Crippen LogP contribution in [-0.2, 0) is 4.79 Å². The average Bonchev–Trinajstić information content (AvgIpc) is 3.37. The standard InChI is InChI=1S/C19H23N5O2S/c1-13-2-3-17(27-13)19(26)24-10-8-23(9-11-24)18(25)16-12-15(21-22-16)14-4-6-20-7-5-14/h2-7,15-16,21-22H,8-12H2,1H3. The molecule has 2 saturated heterocycles. The Kier molecular flexibility index (Phi) is 5.20. The second-order valence-corrected chi connectivity index (χ2v) is 8.23. The first-order valence-corrected chi connectivity index (χ1v) is 9.99. The van der Waals surface area contributed by atoms with E-state index in [1.807, 2.05) is 41.0 Å². The molecule has 0 spiro atoms. The van der Waals surface area contributed by atoms with Gasteiger partial charge in [-0.05, 0) is 43.2 Å². The molecule has 7 nitrogen and oxygen atoms in total. The van der Waals surface area contributed by atoms with Gasteiger partial charge in [0.25, 0.3) is 5.91 Å². The van der Waals surface area contributed by atoms with Gasteiger partial charge in [0.05, 0.1) is 4.88 Å². The number of carbonyl (C=O) groups is 2. The lowest BCUT2D eigenvalue weighted by Crippen LogP contribution is -2.54. The number of aromatic nitrogens is 1. The lowest BCUT2D eigenvalue weighted by atomic mass is 10.0. The molecule has 4 rings (SSSR count). The molecular weight excluding hydrogens is 362 g/mol. The van der Waals surface area contributed by atoms with Crippen molar-refractivity contribution in [1.29, 1.82) is 0 Å². The maximum absolute atomic E-state index is 12.8. The first-order valence-electron chi connectivity index (χ1n) is 9.17. The minimum Gasteiger partial charge on any atom is -0.338 e. The maximum Gasteiger partial charge on any atom is 0.264 e. The first-order chi connectivity index (χ1) is 13.1. The van der Waals surface area contributed by atoms with Crippen molar-refractivity contribution in [3.05, 3.63) is 52.0 Å². The Morgan fingerprint density at radius 1 is 1.04 bits per heavy atom. The fraction of sp³-hybridized carbons (Fsp3) is 0.421. The quantitative estimate of drug-likeness (QED) is 0.834. The van der Waals surface area contributed by atoms with Crippen LogP contribution >= 0.6 is 11.3 Å². The molecule has 0 radical (unpaired) electrons. The molecule has 2 atom stereocenters. The molecule has 0 saturated carbocycles. The van der Waals surface area contributed by atoms with Crippen LogP contribution in [0.1, 0.15) is 32.6 Å². The van der Waals surface area contributed by atoms with E-state index in [1.165, 1.54) is 11.3 Å². The number of rotatable bonds is 3. The van der Waals surface area contributed by atoms with E-state index >= 15 is 0 Å². The normalized spacial score (nSPS) is 22.9. The summed E-state index contributed by atoms with van der Waals surface area (Å²) >= 11 is 1.52. The smallest absolute Gasteiger partial charge is 0.264 e. The fourth-order valence-electron chi connectivity index (χ4n) is 3.59. The largest absolute Gasteiger partial charge is 0.338 e. The van der Waals surface area contributed by atoms with Crippen molar-refractivity contribution < 1.29 is 9.59 Å². The number of thiophene rings is 1. The Morgan fingerprint density at radius 3 is 2.41 bits per heavy atom. The zero-order chi connectivity index (χ0) is 18.8. The molecule has 4 heterocycles. The van der Waals surface area contributed by atoms with E-state index in [1.54, 1.807) is 12.4 Å². The highest BCUT2D eigenvalue weighted by Crippen LogP contribution is 2.23. The highest BCUT2D eigenvalue weighted by atomic mass is 32.1. The second kappa shape index (κ2) is 7.75. The highest BCUT2D eigenvalue weighted by molar-refractivity contribution is 7.13. The van der Waals surface area contributed by atoms with Crippen LogP contribution in [0.3, 0.4) is 0 Å². The average molecular weight is 385 g/mol. The van der Waals surface area contributed by atoms with Gasteiger partial charge in [-0.15, -0.1) is 11.3 Å². The molecule has 0 aromatic carbocycles. The third kappa shape index (κ3) is 3.87. The van der Waals surface area contributed by atoms with Gasteiger partial charge < -0.3 is 9.80 Å². The summed E-state index contributed by atoms with van der Waals surface area (Å²) in [6.45, 7) is 4.31. The molecule has 0 aliphatic carbocycles. The van der Waals surface area contributed by atoms with Gasteiger partial charge >= 0.3 is 0 Å². The highest BCUT2D eigenvalue weighted by Gasteiger charge is 2.34. The Morgan fingerprint density at radius 2 is 1.74 bits per heavy atom. The lowest BCUT2D eigenvalue weighted by Gasteiger charge is -2.35. The minimum atomic E-state index is -0.245. The van der Waals surface area contributed by atoms with Crippen LogP contribution in [0, 0.1) is 6.92 Å². The number of pyridine rings is 1. The van der Waals surface area contributed by atoms with Crippen molar-refractivity contribution in [3.63, 3.8) is 0 Å². The number of nitrogens with zero attached hydrogens (tertiary/aromatic N) is 3. The predicted molar refractivity (Wildman–Crippen MR) is 103 cm³/mol. The number of hydrogen-bond donors (Lipinski definition) is 2. The minimum absolute atomic E-state index is 0.0682. The van der Waals surface area contributed by atoms with Crippen LogP contribution in [0.5, 0.6) is 0 Å². The fourth-order valence-corrected chi connectivity index (χ4v) is 4.42. The van der Waals surface area contributed by atoms with E-state index in [9.17, 15) is 9.59 Å². The first kappa shape index (κ1) is 18.1. The van der Waals surface area contributed by atoms with Crippen molar-refractivity contribution in [2.75, 3.05) is 26.2 Å². The van der Waals surface area contributed by atoms with E-state index in [2.05, 4.69) is 15.8 Å². The van der Waals surface area contributed by atoms with Crippen LogP contribution in [0.25, 0.3) is 0 Å². The van der Waals surface area contributed by atoms with Gasteiger partial charge in [-0.3, -0.25) is 14.6 Å². The molecule has 2 aromatic rings. The summed E-state index contributed by atoms with van der Waals surface area (Å²) < 4.78 is 0. The maximum atomic E-state index is 12.8. The van der Waals surface area contributed by atoms with Crippen molar-refractivity contribution >= 4 is 23.2 Å². The number of hydrazine groups is 1. The third-order valence-corrected chi connectivity index (χ3v) is 6.13. The van der Waals surface area contributed by atoms with Crippen LogP contribution in [0.2, 0.25) is 0 Å². The molecule has 142 valence electrons. The Hall–Kier alpha value is -2.29. The second-order valence-electron chi connectivity index (χ2n) is 6.94. The number of aryl methyl sites for hydroxylation is 1. The molecule has 0 bridgehead atoms. The zero-order valence-electron chi connectivity index (χ0n) is 15.2. The van der Waals surface area contributed by atoms with Gasteiger partial charge in [0.15, 0.2) is 0 Å². The molecule has 2 aliphatic rings. The summed E-state index contributed by atoms with van der Waals surface area (Å²) in [6, 6.07) is 7.63. The van der Waals surface area contributed by atoms with Crippen LogP contribution in [0.15, 0.2) is 36.7 Å². The predicted octanol–water partition coefficient (Wildman–Crippen LogP) is 1.34. The third-order valence-electron chi connectivity index (χ3n) is 5.14. The molecule has 2 fully saturated rings. The Balaban J connectivity index is 1.31. The summed E-state index contributed by atoms with van der Waals surface area (Å²) in [6.07, 6.45) is 4.23. The molecule has 8 heteroatoms. The van der Waals surface area contributed by atoms with Gasteiger partial charge in [-0.25, -0.2) is 10.9 Å². The topological polar surface area (TPSA) is 77.6 Å². The molecule has 27 heavy (non-hydrogen) atoms. The number of hydrogen-bond acceptors (Lipinski definition) is 6. The number of piperazine rings is 1. The summed E-state index contributed by atoms with van der Waals surface area (Å²) in [5, 5.41) is 0. The molecule has 2 N–H and O–H groups in total. The van der Waals surface area contributed by atoms with Gasteiger partial charge in [-0.2, -0.15) is 0 Å². The SMILES string of the molecule is Cc1ccc(C(=O)N2CCN(C(=O)C3CC(c4ccncc4)NN3)CC2)s1. The summed E-state index contributed by atoms with van der Waals surface area (Å²) in [7, 11) is 0. The number of carbonyl (C=O) groups excluding carboxylic acids is 2. The Bertz CT molecular complexity index is 817. The molecule has 2 amide bonds.